The molecule has 0 bridgehead atoms. The molecule has 0 aliphatic carbocycles. The molecule has 112 valence electrons. The molecule has 1 aliphatic rings. The van der Waals surface area contributed by atoms with Crippen LogP contribution in [0.15, 0.2) is 17.0 Å². The number of halogens is 1. The second-order valence-corrected chi connectivity index (χ2v) is 7.02. The molecule has 3 N–H and O–H groups in total. The van der Waals surface area contributed by atoms with Crippen LogP contribution in [0.3, 0.4) is 0 Å². The summed E-state index contributed by atoms with van der Waals surface area (Å²) in [6.07, 6.45) is 0.588. The summed E-state index contributed by atoms with van der Waals surface area (Å²) in [6.45, 7) is 4.12. The van der Waals surface area contributed by atoms with Crippen LogP contribution >= 0.6 is 0 Å². The highest BCUT2D eigenvalue weighted by atomic mass is 32.2. The molecule has 2 rings (SSSR count). The molecule has 0 spiro atoms. The van der Waals surface area contributed by atoms with Gasteiger partial charge in [0.1, 0.15) is 5.82 Å². The second kappa shape index (κ2) is 5.40. The highest BCUT2D eigenvalue weighted by Crippen LogP contribution is 2.25. The van der Waals surface area contributed by atoms with Gasteiger partial charge in [-0.15, -0.1) is 0 Å². The van der Waals surface area contributed by atoms with Gasteiger partial charge in [0, 0.05) is 18.7 Å². The van der Waals surface area contributed by atoms with Crippen molar-refractivity contribution < 1.29 is 17.5 Å². The molecule has 0 saturated carbocycles. The van der Waals surface area contributed by atoms with E-state index in [2.05, 4.69) is 4.72 Å². The number of nitrogens with one attached hydrogen (secondary N) is 1. The first-order valence-corrected chi connectivity index (χ1v) is 7.86. The SMILES string of the molecule is Cc1c(F)cc(CN)cc1S(=O)(=O)NC1(C)CCOC1. The first kappa shape index (κ1) is 15.4. The number of rotatable bonds is 4. The first-order valence-electron chi connectivity index (χ1n) is 6.38. The fraction of sp³-hybridized carbons (Fsp3) is 0.538. The first-order chi connectivity index (χ1) is 9.27. The molecule has 1 atom stereocenters. The predicted molar refractivity (Wildman–Crippen MR) is 73.2 cm³/mol. The van der Waals surface area contributed by atoms with Crippen LogP contribution in [0, 0.1) is 12.7 Å². The molecule has 1 aromatic carbocycles. The molecule has 1 heterocycles. The van der Waals surface area contributed by atoms with Gasteiger partial charge in [-0.3, -0.25) is 0 Å². The molecular formula is C13H19FN2O3S. The van der Waals surface area contributed by atoms with E-state index in [0.29, 0.717) is 25.2 Å². The van der Waals surface area contributed by atoms with Gasteiger partial charge in [0.2, 0.25) is 10.0 Å². The van der Waals surface area contributed by atoms with Crippen LogP contribution in [0.2, 0.25) is 0 Å². The van der Waals surface area contributed by atoms with Gasteiger partial charge in [-0.1, -0.05) is 0 Å². The van der Waals surface area contributed by atoms with Crippen molar-refractivity contribution in [2.75, 3.05) is 13.2 Å². The van der Waals surface area contributed by atoms with Gasteiger partial charge in [-0.25, -0.2) is 17.5 Å². The average molecular weight is 302 g/mol. The van der Waals surface area contributed by atoms with Crippen molar-refractivity contribution in [2.45, 2.75) is 37.2 Å². The summed E-state index contributed by atoms with van der Waals surface area (Å²) in [4.78, 5) is -0.0638. The zero-order valence-electron chi connectivity index (χ0n) is 11.6. The van der Waals surface area contributed by atoms with E-state index in [1.165, 1.54) is 19.1 Å². The second-order valence-electron chi connectivity index (χ2n) is 5.37. The Morgan fingerprint density at radius 3 is 2.75 bits per heavy atom. The minimum atomic E-state index is -3.81. The topological polar surface area (TPSA) is 81.4 Å². The molecule has 1 unspecified atom stereocenters. The van der Waals surface area contributed by atoms with Crippen molar-refractivity contribution in [3.05, 3.63) is 29.1 Å². The van der Waals surface area contributed by atoms with Crippen LogP contribution in [-0.4, -0.2) is 27.2 Å². The Bertz CT molecular complexity index is 610. The molecule has 0 aromatic heterocycles. The van der Waals surface area contributed by atoms with E-state index in [-0.39, 0.29) is 17.0 Å². The standard InChI is InChI=1S/C13H19FN2O3S/c1-9-11(14)5-10(7-15)6-12(9)20(17,18)16-13(2)3-4-19-8-13/h5-6,16H,3-4,7-8,15H2,1-2H3. The van der Waals surface area contributed by atoms with E-state index in [9.17, 15) is 12.8 Å². The van der Waals surface area contributed by atoms with Gasteiger partial charge in [-0.05, 0) is 38.0 Å². The van der Waals surface area contributed by atoms with Crippen LogP contribution in [0.25, 0.3) is 0 Å². The third-order valence-electron chi connectivity index (χ3n) is 3.48. The van der Waals surface area contributed by atoms with Gasteiger partial charge >= 0.3 is 0 Å². The zero-order valence-corrected chi connectivity index (χ0v) is 12.4. The molecule has 1 saturated heterocycles. The van der Waals surface area contributed by atoms with Crippen molar-refractivity contribution in [1.29, 1.82) is 0 Å². The monoisotopic (exact) mass is 302 g/mol. The highest BCUT2D eigenvalue weighted by molar-refractivity contribution is 7.89. The molecule has 1 aromatic rings. The van der Waals surface area contributed by atoms with E-state index < -0.39 is 21.4 Å². The van der Waals surface area contributed by atoms with Crippen LogP contribution in [0.5, 0.6) is 0 Å². The summed E-state index contributed by atoms with van der Waals surface area (Å²) < 4.78 is 46.5. The van der Waals surface area contributed by atoms with E-state index in [4.69, 9.17) is 10.5 Å². The lowest BCUT2D eigenvalue weighted by Crippen LogP contribution is -2.46. The Morgan fingerprint density at radius 2 is 2.20 bits per heavy atom. The summed E-state index contributed by atoms with van der Waals surface area (Å²) in [7, 11) is -3.81. The van der Waals surface area contributed by atoms with Gasteiger partial charge in [0.25, 0.3) is 0 Å². The number of hydrogen-bond donors (Lipinski definition) is 2. The van der Waals surface area contributed by atoms with Gasteiger partial charge < -0.3 is 10.5 Å². The largest absolute Gasteiger partial charge is 0.379 e. The Labute approximate surface area is 118 Å². The molecule has 5 nitrogen and oxygen atoms in total. The minimum absolute atomic E-state index is 0.0638. The smallest absolute Gasteiger partial charge is 0.241 e. The quantitative estimate of drug-likeness (QED) is 0.871. The molecule has 1 aliphatic heterocycles. The normalized spacial score (nSPS) is 23.2. The predicted octanol–water partition coefficient (Wildman–Crippen LogP) is 1.05. The molecule has 20 heavy (non-hydrogen) atoms. The Hall–Kier alpha value is -1.02. The summed E-state index contributed by atoms with van der Waals surface area (Å²) >= 11 is 0. The maximum absolute atomic E-state index is 13.8. The van der Waals surface area contributed by atoms with Crippen LogP contribution < -0.4 is 10.5 Å². The summed E-state index contributed by atoms with van der Waals surface area (Å²) in [5.74, 6) is -0.568. The molecule has 0 radical (unpaired) electrons. The Kier molecular flexibility index (Phi) is 4.15. The third kappa shape index (κ3) is 3.01. The molecule has 1 fully saturated rings. The van der Waals surface area contributed by atoms with Crippen molar-refractivity contribution >= 4 is 10.0 Å². The van der Waals surface area contributed by atoms with E-state index in [1.807, 2.05) is 0 Å². The Morgan fingerprint density at radius 1 is 1.50 bits per heavy atom. The van der Waals surface area contributed by atoms with Crippen molar-refractivity contribution in [1.82, 2.24) is 4.72 Å². The van der Waals surface area contributed by atoms with Crippen LogP contribution in [0.1, 0.15) is 24.5 Å². The van der Waals surface area contributed by atoms with Crippen LogP contribution in [-0.2, 0) is 21.3 Å². The summed E-state index contributed by atoms with van der Waals surface area (Å²) in [5.41, 5.74) is 5.36. The lowest BCUT2D eigenvalue weighted by atomic mass is 10.0. The lowest BCUT2D eigenvalue weighted by Gasteiger charge is -2.24. The van der Waals surface area contributed by atoms with Crippen LogP contribution in [0.4, 0.5) is 4.39 Å². The van der Waals surface area contributed by atoms with Gasteiger partial charge in [0.05, 0.1) is 17.0 Å². The fourth-order valence-corrected chi connectivity index (χ4v) is 3.96. The highest BCUT2D eigenvalue weighted by Gasteiger charge is 2.35. The zero-order chi connectivity index (χ0) is 15.0. The number of ether oxygens (including phenoxy) is 1. The van der Waals surface area contributed by atoms with E-state index >= 15 is 0 Å². The van der Waals surface area contributed by atoms with E-state index in [1.54, 1.807) is 6.92 Å². The summed E-state index contributed by atoms with van der Waals surface area (Å²) in [5, 5.41) is 0. The maximum Gasteiger partial charge on any atom is 0.241 e. The van der Waals surface area contributed by atoms with E-state index in [0.717, 1.165) is 0 Å². The van der Waals surface area contributed by atoms with Gasteiger partial charge in [-0.2, -0.15) is 0 Å². The average Bonchev–Trinajstić information content (AvgIpc) is 2.77. The van der Waals surface area contributed by atoms with Gasteiger partial charge in [0.15, 0.2) is 0 Å². The third-order valence-corrected chi connectivity index (χ3v) is 5.25. The molecular weight excluding hydrogens is 283 g/mol. The minimum Gasteiger partial charge on any atom is -0.379 e. The number of nitrogens with two attached hydrogens (primary N) is 1. The van der Waals surface area contributed by atoms with Crippen molar-refractivity contribution in [3.63, 3.8) is 0 Å². The number of sulfonamides is 1. The number of benzene rings is 1. The number of hydrogen-bond acceptors (Lipinski definition) is 4. The molecule has 7 heteroatoms. The fourth-order valence-electron chi connectivity index (χ4n) is 2.23. The van der Waals surface area contributed by atoms with Crippen molar-refractivity contribution in [2.24, 2.45) is 5.73 Å². The maximum atomic E-state index is 13.8. The Balaban J connectivity index is 2.41. The molecule has 0 amide bonds. The van der Waals surface area contributed by atoms with Crippen molar-refractivity contribution in [3.8, 4) is 0 Å². The lowest BCUT2D eigenvalue weighted by molar-refractivity contribution is 0.178. The summed E-state index contributed by atoms with van der Waals surface area (Å²) in [6, 6.07) is 2.68.